The van der Waals surface area contributed by atoms with Crippen molar-refractivity contribution in [2.24, 2.45) is 4.99 Å². The van der Waals surface area contributed by atoms with Crippen LogP contribution in [0, 0.1) is 0 Å². The Morgan fingerprint density at radius 2 is 1.35 bits per heavy atom. The van der Waals surface area contributed by atoms with E-state index in [4.69, 9.17) is 13.8 Å². The van der Waals surface area contributed by atoms with Crippen LogP contribution in [0.15, 0.2) is 147 Å². The number of aromatic nitrogens is 1. The van der Waals surface area contributed by atoms with Gasteiger partial charge in [-0.3, -0.25) is 4.99 Å². The molecule has 0 saturated heterocycles. The quantitative estimate of drug-likeness (QED) is 0.195. The molecule has 0 saturated carbocycles. The summed E-state index contributed by atoms with van der Waals surface area (Å²) in [4.78, 5) is 5.52. The molecular formula is C45H30N2O2. The van der Waals surface area contributed by atoms with Crippen LogP contribution in [0.25, 0.3) is 71.8 Å². The SMILES string of the molecule is C1=Cc2c(n(C3Cc4c(oc5ccccc45)C(c4ccccc4)=N3)c3ccc4cc(-c5ccc6c(c5)oc5ccccc56)ccc4c23)CC1. The summed E-state index contributed by atoms with van der Waals surface area (Å²) in [6, 6.07) is 45.2. The molecule has 4 heteroatoms. The minimum absolute atomic E-state index is 0.0891. The summed E-state index contributed by atoms with van der Waals surface area (Å²) in [6.07, 6.45) is 7.37. The van der Waals surface area contributed by atoms with Gasteiger partial charge >= 0.3 is 0 Å². The molecule has 6 aromatic carbocycles. The first-order valence-electron chi connectivity index (χ1n) is 17.1. The Labute approximate surface area is 282 Å². The number of hydrogen-bond donors (Lipinski definition) is 0. The maximum Gasteiger partial charge on any atom is 0.157 e. The van der Waals surface area contributed by atoms with Crippen molar-refractivity contribution >= 4 is 66.4 Å². The third-order valence-electron chi connectivity index (χ3n) is 10.6. The molecule has 0 N–H and O–H groups in total. The number of fused-ring (bicyclic) bond motifs is 11. The highest BCUT2D eigenvalue weighted by Gasteiger charge is 2.32. The van der Waals surface area contributed by atoms with E-state index in [9.17, 15) is 0 Å². The fourth-order valence-electron chi connectivity index (χ4n) is 8.38. The van der Waals surface area contributed by atoms with E-state index in [0.29, 0.717) is 0 Å². The second-order valence-corrected chi connectivity index (χ2v) is 13.3. The van der Waals surface area contributed by atoms with Crippen LogP contribution in [0.5, 0.6) is 0 Å². The lowest BCUT2D eigenvalue weighted by Gasteiger charge is -2.25. The number of rotatable bonds is 3. The summed E-state index contributed by atoms with van der Waals surface area (Å²) < 4.78 is 15.3. The average Bonchev–Trinajstić information content (AvgIpc) is 3.84. The smallest absolute Gasteiger partial charge is 0.157 e. The summed E-state index contributed by atoms with van der Waals surface area (Å²) in [5.74, 6) is 0.896. The summed E-state index contributed by atoms with van der Waals surface area (Å²) in [5, 5.41) is 7.29. The van der Waals surface area contributed by atoms with Crippen LogP contribution in [-0.4, -0.2) is 10.3 Å². The molecule has 0 amide bonds. The normalized spacial score (nSPS) is 15.8. The van der Waals surface area contributed by atoms with Crippen LogP contribution in [0.3, 0.4) is 0 Å². The van der Waals surface area contributed by atoms with Gasteiger partial charge in [-0.1, -0.05) is 103 Å². The number of nitrogens with zero attached hydrogens (tertiary/aromatic N) is 2. The van der Waals surface area contributed by atoms with Crippen LogP contribution < -0.4 is 0 Å². The molecule has 9 aromatic rings. The van der Waals surface area contributed by atoms with E-state index >= 15 is 0 Å². The van der Waals surface area contributed by atoms with E-state index < -0.39 is 0 Å². The third-order valence-corrected chi connectivity index (χ3v) is 10.6. The molecule has 49 heavy (non-hydrogen) atoms. The zero-order valence-corrected chi connectivity index (χ0v) is 26.7. The standard InChI is InChI=1S/C45H30N2O2/c1-2-10-27(11-3-1)44-45-36(33-13-6-9-17-40(33)49-45)26-42(46-44)47-37-15-7-4-14-35(37)43-31-21-18-28(24-30(31)20-23-38(43)47)29-19-22-34-32-12-5-8-16-39(32)48-41(34)25-29/h1-6,8-14,16-25,42H,7,15,26H2. The lowest BCUT2D eigenvalue weighted by Crippen LogP contribution is -2.21. The number of aliphatic imine (C=N–C) groups is 1. The van der Waals surface area contributed by atoms with Crippen molar-refractivity contribution < 1.29 is 8.83 Å². The second-order valence-electron chi connectivity index (χ2n) is 13.3. The zero-order chi connectivity index (χ0) is 32.1. The van der Waals surface area contributed by atoms with E-state index in [1.807, 2.05) is 18.2 Å². The first-order chi connectivity index (χ1) is 24.3. The van der Waals surface area contributed by atoms with Gasteiger partial charge in [-0.25, -0.2) is 0 Å². The molecule has 0 radical (unpaired) electrons. The molecule has 0 fully saturated rings. The van der Waals surface area contributed by atoms with E-state index in [-0.39, 0.29) is 6.17 Å². The molecular weight excluding hydrogens is 601 g/mol. The molecule has 0 spiro atoms. The minimum Gasteiger partial charge on any atom is -0.456 e. The van der Waals surface area contributed by atoms with Crippen molar-refractivity contribution in [3.8, 4) is 11.1 Å². The van der Waals surface area contributed by atoms with Gasteiger partial charge < -0.3 is 13.4 Å². The molecule has 1 atom stereocenters. The molecule has 1 aliphatic heterocycles. The largest absolute Gasteiger partial charge is 0.456 e. The van der Waals surface area contributed by atoms with E-state index in [1.165, 1.54) is 49.4 Å². The minimum atomic E-state index is -0.0891. The van der Waals surface area contributed by atoms with Crippen molar-refractivity contribution in [1.82, 2.24) is 4.57 Å². The highest BCUT2D eigenvalue weighted by Crippen LogP contribution is 2.43. The number of benzene rings is 6. The maximum atomic E-state index is 6.51. The zero-order valence-electron chi connectivity index (χ0n) is 26.7. The van der Waals surface area contributed by atoms with Gasteiger partial charge in [0.1, 0.15) is 28.6 Å². The molecule has 4 heterocycles. The Hall–Kier alpha value is -6.13. The fraction of sp³-hybridized carbons (Fsp3) is 0.0889. The Kier molecular flexibility index (Phi) is 5.59. The average molecular weight is 631 g/mol. The lowest BCUT2D eigenvalue weighted by molar-refractivity contribution is 0.498. The first-order valence-corrected chi connectivity index (χ1v) is 17.1. The lowest BCUT2D eigenvalue weighted by atomic mass is 9.95. The summed E-state index contributed by atoms with van der Waals surface area (Å²) in [7, 11) is 0. The van der Waals surface area contributed by atoms with Crippen molar-refractivity contribution in [3.63, 3.8) is 0 Å². The molecule has 3 aromatic heterocycles. The first kappa shape index (κ1) is 26.9. The number of hydrogen-bond acceptors (Lipinski definition) is 3. The highest BCUT2D eigenvalue weighted by molar-refractivity contribution is 6.16. The molecule has 1 unspecified atom stereocenters. The second kappa shape index (κ2) is 10.2. The molecule has 2 aliphatic rings. The van der Waals surface area contributed by atoms with E-state index in [2.05, 4.69) is 126 Å². The molecule has 4 nitrogen and oxygen atoms in total. The Balaban J connectivity index is 1.09. The van der Waals surface area contributed by atoms with Crippen molar-refractivity contribution in [2.75, 3.05) is 0 Å². The van der Waals surface area contributed by atoms with Crippen LogP contribution >= 0.6 is 0 Å². The van der Waals surface area contributed by atoms with Crippen molar-refractivity contribution in [1.29, 1.82) is 0 Å². The number of furan rings is 2. The van der Waals surface area contributed by atoms with Gasteiger partial charge in [0, 0.05) is 50.4 Å². The molecule has 232 valence electrons. The third kappa shape index (κ3) is 3.95. The predicted molar refractivity (Wildman–Crippen MR) is 201 cm³/mol. The highest BCUT2D eigenvalue weighted by atomic mass is 16.3. The van der Waals surface area contributed by atoms with Gasteiger partial charge in [-0.15, -0.1) is 0 Å². The monoisotopic (exact) mass is 630 g/mol. The van der Waals surface area contributed by atoms with Gasteiger partial charge in [0.2, 0.25) is 0 Å². The fourth-order valence-corrected chi connectivity index (χ4v) is 8.38. The van der Waals surface area contributed by atoms with Crippen molar-refractivity contribution in [3.05, 3.63) is 162 Å². The molecule has 1 aliphatic carbocycles. The van der Waals surface area contributed by atoms with Gasteiger partial charge in [0.25, 0.3) is 0 Å². The van der Waals surface area contributed by atoms with Crippen LogP contribution in [0.4, 0.5) is 0 Å². The summed E-state index contributed by atoms with van der Waals surface area (Å²) in [5.41, 5.74) is 12.3. The van der Waals surface area contributed by atoms with E-state index in [0.717, 1.165) is 69.4 Å². The van der Waals surface area contributed by atoms with Crippen LogP contribution in [0.1, 0.15) is 40.7 Å². The Bertz CT molecular complexity index is 2860. The van der Waals surface area contributed by atoms with E-state index in [1.54, 1.807) is 0 Å². The summed E-state index contributed by atoms with van der Waals surface area (Å²) in [6.45, 7) is 0. The van der Waals surface area contributed by atoms with Crippen molar-refractivity contribution in [2.45, 2.75) is 25.4 Å². The Morgan fingerprint density at radius 3 is 2.22 bits per heavy atom. The molecule has 0 bridgehead atoms. The number of para-hydroxylation sites is 2. The summed E-state index contributed by atoms with van der Waals surface area (Å²) >= 11 is 0. The van der Waals surface area contributed by atoms with Gasteiger partial charge in [-0.2, -0.15) is 0 Å². The predicted octanol–water partition coefficient (Wildman–Crippen LogP) is 11.7. The van der Waals surface area contributed by atoms with Crippen LogP contribution in [-0.2, 0) is 12.8 Å². The number of allylic oxidation sites excluding steroid dienone is 1. The maximum absolute atomic E-state index is 6.51. The Morgan fingerprint density at radius 1 is 0.612 bits per heavy atom. The molecule has 11 rings (SSSR count). The van der Waals surface area contributed by atoms with Gasteiger partial charge in [0.05, 0.1) is 5.52 Å². The topological polar surface area (TPSA) is 43.6 Å². The van der Waals surface area contributed by atoms with Gasteiger partial charge in [-0.05, 0) is 71.1 Å². The van der Waals surface area contributed by atoms with Crippen LogP contribution in [0.2, 0.25) is 0 Å². The van der Waals surface area contributed by atoms with Gasteiger partial charge in [0.15, 0.2) is 5.76 Å².